The van der Waals surface area contributed by atoms with E-state index in [1.165, 1.54) is 11.5 Å². The lowest BCUT2D eigenvalue weighted by Crippen LogP contribution is -2.07. The second-order valence-electron chi connectivity index (χ2n) is 3.79. The summed E-state index contributed by atoms with van der Waals surface area (Å²) < 4.78 is 15.0. The van der Waals surface area contributed by atoms with Gasteiger partial charge in [-0.25, -0.2) is 0 Å². The maximum absolute atomic E-state index is 5.53. The maximum Gasteiger partial charge on any atom is 0.135 e. The van der Waals surface area contributed by atoms with Crippen molar-refractivity contribution < 1.29 is 9.47 Å². The molecule has 0 spiro atoms. The average Bonchev–Trinajstić information content (AvgIpc) is 2.88. The summed E-state index contributed by atoms with van der Waals surface area (Å²) in [6.07, 6.45) is 0. The molecule has 0 radical (unpaired) electrons. The molecule has 0 saturated heterocycles. The molecule has 0 bridgehead atoms. The number of ether oxygens (including phenoxy) is 2. The average molecular weight is 279 g/mol. The second kappa shape index (κ2) is 7.70. The third-order valence-electron chi connectivity index (χ3n) is 2.37. The molecule has 0 unspecified atom stereocenters. The molecule has 0 amide bonds. The van der Waals surface area contributed by atoms with Crippen LogP contribution in [-0.4, -0.2) is 29.3 Å². The molecule has 0 aliphatic heterocycles. The van der Waals surface area contributed by atoms with Gasteiger partial charge in [-0.15, -0.1) is 5.10 Å². The van der Waals surface area contributed by atoms with E-state index in [0.717, 1.165) is 23.0 Å². The van der Waals surface area contributed by atoms with Gasteiger partial charge >= 0.3 is 0 Å². The standard InChI is InChI=1S/C13H17N3O2S/c1-2-14-13-12(15-16-19-13)10-17-8-9-18-11-6-4-3-5-7-11/h3-7,14H,2,8-10H2,1H3. The van der Waals surface area contributed by atoms with Crippen LogP contribution in [0.5, 0.6) is 5.75 Å². The second-order valence-corrected chi connectivity index (χ2v) is 4.55. The highest BCUT2D eigenvalue weighted by molar-refractivity contribution is 7.10. The summed E-state index contributed by atoms with van der Waals surface area (Å²) in [6.45, 7) is 4.40. The van der Waals surface area contributed by atoms with Gasteiger partial charge in [0.05, 0.1) is 13.2 Å². The third kappa shape index (κ3) is 4.50. The highest BCUT2D eigenvalue weighted by atomic mass is 32.1. The zero-order valence-corrected chi connectivity index (χ0v) is 11.7. The zero-order valence-electron chi connectivity index (χ0n) is 10.8. The molecule has 5 nitrogen and oxygen atoms in total. The van der Waals surface area contributed by atoms with Crippen molar-refractivity contribution in [1.82, 2.24) is 9.59 Å². The van der Waals surface area contributed by atoms with E-state index in [9.17, 15) is 0 Å². The summed E-state index contributed by atoms with van der Waals surface area (Å²) in [5.74, 6) is 0.856. The van der Waals surface area contributed by atoms with Crippen molar-refractivity contribution in [2.75, 3.05) is 25.1 Å². The van der Waals surface area contributed by atoms with Crippen LogP contribution < -0.4 is 10.1 Å². The number of aromatic nitrogens is 2. The molecule has 0 aliphatic carbocycles. The molecular weight excluding hydrogens is 262 g/mol. The van der Waals surface area contributed by atoms with Gasteiger partial charge in [-0.1, -0.05) is 22.7 Å². The fourth-order valence-electron chi connectivity index (χ4n) is 1.50. The van der Waals surface area contributed by atoms with Gasteiger partial charge in [0, 0.05) is 18.1 Å². The smallest absolute Gasteiger partial charge is 0.135 e. The molecule has 0 saturated carbocycles. The van der Waals surface area contributed by atoms with E-state index in [1.54, 1.807) is 0 Å². The van der Waals surface area contributed by atoms with Gasteiger partial charge in [-0.2, -0.15) is 0 Å². The number of anilines is 1. The summed E-state index contributed by atoms with van der Waals surface area (Å²) in [5, 5.41) is 8.21. The number of hydrogen-bond donors (Lipinski definition) is 1. The van der Waals surface area contributed by atoms with Crippen molar-refractivity contribution in [1.29, 1.82) is 0 Å². The fraction of sp³-hybridized carbons (Fsp3) is 0.385. The molecule has 2 rings (SSSR count). The molecule has 2 aromatic rings. The van der Waals surface area contributed by atoms with Crippen molar-refractivity contribution in [3.8, 4) is 5.75 Å². The van der Waals surface area contributed by atoms with Gasteiger partial charge in [0.1, 0.15) is 23.1 Å². The minimum Gasteiger partial charge on any atom is -0.491 e. The van der Waals surface area contributed by atoms with E-state index in [0.29, 0.717) is 19.8 Å². The van der Waals surface area contributed by atoms with Crippen LogP contribution in [0.1, 0.15) is 12.6 Å². The van der Waals surface area contributed by atoms with Crippen LogP contribution in [0.2, 0.25) is 0 Å². The Morgan fingerprint density at radius 3 is 2.84 bits per heavy atom. The van der Waals surface area contributed by atoms with Crippen LogP contribution in [0.15, 0.2) is 30.3 Å². The van der Waals surface area contributed by atoms with E-state index < -0.39 is 0 Å². The Balaban J connectivity index is 1.65. The molecule has 1 aromatic heterocycles. The lowest BCUT2D eigenvalue weighted by molar-refractivity contribution is 0.0872. The van der Waals surface area contributed by atoms with E-state index in [2.05, 4.69) is 14.9 Å². The predicted molar refractivity (Wildman–Crippen MR) is 75.7 cm³/mol. The Morgan fingerprint density at radius 2 is 2.05 bits per heavy atom. The number of nitrogens with zero attached hydrogens (tertiary/aromatic N) is 2. The van der Waals surface area contributed by atoms with Crippen LogP contribution >= 0.6 is 11.5 Å². The first-order valence-corrected chi connectivity index (χ1v) is 6.98. The lowest BCUT2D eigenvalue weighted by atomic mass is 10.3. The van der Waals surface area contributed by atoms with Gasteiger partial charge in [0.2, 0.25) is 0 Å². The summed E-state index contributed by atoms with van der Waals surface area (Å²) in [6, 6.07) is 9.70. The Hall–Kier alpha value is -1.66. The van der Waals surface area contributed by atoms with Gasteiger partial charge in [-0.05, 0) is 19.1 Å². The zero-order chi connectivity index (χ0) is 13.3. The molecule has 1 N–H and O–H groups in total. The van der Waals surface area contributed by atoms with Crippen LogP contribution in [0, 0.1) is 0 Å². The molecular formula is C13H17N3O2S. The Labute approximate surface area is 116 Å². The van der Waals surface area contributed by atoms with Crippen LogP contribution in [0.3, 0.4) is 0 Å². The monoisotopic (exact) mass is 279 g/mol. The number of benzene rings is 1. The molecule has 102 valence electrons. The van der Waals surface area contributed by atoms with Crippen LogP contribution in [0.4, 0.5) is 5.00 Å². The topological polar surface area (TPSA) is 56.3 Å². The van der Waals surface area contributed by atoms with E-state index in [1.807, 2.05) is 37.3 Å². The van der Waals surface area contributed by atoms with E-state index >= 15 is 0 Å². The Morgan fingerprint density at radius 1 is 1.21 bits per heavy atom. The molecule has 0 aliphatic rings. The summed E-state index contributed by atoms with van der Waals surface area (Å²) in [7, 11) is 0. The first kappa shape index (κ1) is 13.8. The molecule has 19 heavy (non-hydrogen) atoms. The lowest BCUT2D eigenvalue weighted by Gasteiger charge is -2.06. The molecule has 0 atom stereocenters. The summed E-state index contributed by atoms with van der Waals surface area (Å²) in [5.41, 5.74) is 0.853. The minimum atomic E-state index is 0.455. The van der Waals surface area contributed by atoms with Gasteiger partial charge in [0.15, 0.2) is 0 Å². The minimum absolute atomic E-state index is 0.455. The first-order valence-electron chi connectivity index (χ1n) is 6.21. The highest BCUT2D eigenvalue weighted by Gasteiger charge is 2.06. The molecule has 1 aromatic carbocycles. The number of para-hydroxylation sites is 1. The van der Waals surface area contributed by atoms with E-state index in [4.69, 9.17) is 9.47 Å². The SMILES string of the molecule is CCNc1snnc1COCCOc1ccccc1. The van der Waals surface area contributed by atoms with Crippen LogP contribution in [-0.2, 0) is 11.3 Å². The number of hydrogen-bond acceptors (Lipinski definition) is 6. The predicted octanol–water partition coefficient (Wildman–Crippen LogP) is 2.57. The van der Waals surface area contributed by atoms with Crippen molar-refractivity contribution >= 4 is 16.5 Å². The van der Waals surface area contributed by atoms with Gasteiger partial charge < -0.3 is 14.8 Å². The quantitative estimate of drug-likeness (QED) is 0.753. The highest BCUT2D eigenvalue weighted by Crippen LogP contribution is 2.17. The Kier molecular flexibility index (Phi) is 5.58. The number of nitrogens with one attached hydrogen (secondary N) is 1. The molecule has 6 heteroatoms. The van der Waals surface area contributed by atoms with Crippen molar-refractivity contribution in [3.63, 3.8) is 0 Å². The summed E-state index contributed by atoms with van der Waals surface area (Å²) >= 11 is 1.35. The van der Waals surface area contributed by atoms with Crippen molar-refractivity contribution in [2.45, 2.75) is 13.5 Å². The number of rotatable bonds is 8. The van der Waals surface area contributed by atoms with Crippen molar-refractivity contribution in [2.24, 2.45) is 0 Å². The van der Waals surface area contributed by atoms with Crippen molar-refractivity contribution in [3.05, 3.63) is 36.0 Å². The fourth-order valence-corrected chi connectivity index (χ4v) is 2.14. The molecule has 0 fully saturated rings. The third-order valence-corrected chi connectivity index (χ3v) is 3.10. The molecule has 1 heterocycles. The maximum atomic E-state index is 5.53. The summed E-state index contributed by atoms with van der Waals surface area (Å²) in [4.78, 5) is 0. The first-order chi connectivity index (χ1) is 9.40. The van der Waals surface area contributed by atoms with Crippen LogP contribution in [0.25, 0.3) is 0 Å². The van der Waals surface area contributed by atoms with E-state index in [-0.39, 0.29) is 0 Å². The largest absolute Gasteiger partial charge is 0.491 e. The normalized spacial score (nSPS) is 10.4. The Bertz CT molecular complexity index is 476. The van der Waals surface area contributed by atoms with Gasteiger partial charge in [-0.3, -0.25) is 0 Å². The van der Waals surface area contributed by atoms with Gasteiger partial charge in [0.25, 0.3) is 0 Å².